The van der Waals surface area contributed by atoms with E-state index in [4.69, 9.17) is 0 Å². The predicted molar refractivity (Wildman–Crippen MR) is 229 cm³/mol. The van der Waals surface area contributed by atoms with Crippen molar-refractivity contribution >= 4 is 47.5 Å². The van der Waals surface area contributed by atoms with E-state index >= 15 is 0 Å². The maximum absolute atomic E-state index is 2.53. The van der Waals surface area contributed by atoms with E-state index in [0.717, 1.165) is 22.4 Å². The second-order valence-electron chi connectivity index (χ2n) is 16.4. The monoisotopic (exact) mass is 851 g/mol. The number of rotatable bonds is 6. The Kier molecular flexibility index (Phi) is 15.1. The van der Waals surface area contributed by atoms with Gasteiger partial charge in [0.05, 0.1) is 0 Å². The number of hydrogen-bond acceptors (Lipinski definition) is 0. The van der Waals surface area contributed by atoms with E-state index in [9.17, 15) is 0 Å². The average Bonchev–Trinajstić information content (AvgIpc) is 3.70. The van der Waals surface area contributed by atoms with Crippen LogP contribution < -0.4 is 35.2 Å². The van der Waals surface area contributed by atoms with Gasteiger partial charge in [-0.3, -0.25) is 0 Å². The topological polar surface area (TPSA) is 0 Å². The molecule has 4 heteroatoms. The maximum Gasteiger partial charge on any atom is 3.00 e. The van der Waals surface area contributed by atoms with Gasteiger partial charge in [0.1, 0.15) is 9.52 Å². The van der Waals surface area contributed by atoms with Crippen LogP contribution >= 0.6 is 0 Å². The molecule has 0 fully saturated rings. The fraction of sp³-hybridized carbons (Fsp3) is 0.235. The fourth-order valence-electron chi connectivity index (χ4n) is 7.93. The summed E-state index contributed by atoms with van der Waals surface area (Å²) in [5.41, 5.74) is 11.6. The molecule has 1 aliphatic carbocycles. The minimum Gasteiger partial charge on any atom is -1.00 e. The molecule has 0 bridgehead atoms. The summed E-state index contributed by atoms with van der Waals surface area (Å²) in [5, 5.41) is 8.34. The molecule has 1 aliphatic rings. The third-order valence-corrected chi connectivity index (χ3v) is 11.7. The summed E-state index contributed by atoms with van der Waals surface area (Å²) in [7, 11) is 0.777. The molecule has 3 radical (unpaired) electrons. The molecule has 8 rings (SSSR count). The zero-order valence-electron chi connectivity index (χ0n) is 33.2. The zero-order chi connectivity index (χ0) is 36.5. The molecule has 1 unspecified atom stereocenters. The van der Waals surface area contributed by atoms with Gasteiger partial charge in [-0.15, -0.1) is 33.7 Å². The van der Waals surface area contributed by atoms with Crippen LogP contribution in [0.5, 0.6) is 0 Å². The van der Waals surface area contributed by atoms with Gasteiger partial charge in [-0.2, -0.15) is 0 Å². The maximum atomic E-state index is 2.53. The summed E-state index contributed by atoms with van der Waals surface area (Å²) in [6.07, 6.45) is 4.79. The number of hydrogen-bond donors (Lipinski definition) is 0. The molecular formula is C51H51Cl2SiZr. The minimum absolute atomic E-state index is 0. The number of fused-ring (bicyclic) bond motifs is 4. The van der Waals surface area contributed by atoms with E-state index in [1.165, 1.54) is 70.9 Å². The Morgan fingerprint density at radius 3 is 1.76 bits per heavy atom. The molecule has 0 spiro atoms. The van der Waals surface area contributed by atoms with Crippen LogP contribution in [0.1, 0.15) is 95.0 Å². The molecule has 1 atom stereocenters. The van der Waals surface area contributed by atoms with Crippen LogP contribution in [0, 0.1) is 0 Å². The molecule has 0 N–H and O–H groups in total. The van der Waals surface area contributed by atoms with Gasteiger partial charge >= 0.3 is 26.2 Å². The summed E-state index contributed by atoms with van der Waals surface area (Å²) >= 11 is 0. The van der Waals surface area contributed by atoms with E-state index in [1.54, 1.807) is 5.57 Å². The molecule has 0 aliphatic heterocycles. The first kappa shape index (κ1) is 44.3. The summed E-state index contributed by atoms with van der Waals surface area (Å²) < 4.78 is 0. The number of allylic oxidation sites excluding steroid dienone is 1. The summed E-state index contributed by atoms with van der Waals surface area (Å²) in [6.45, 7) is 16.4. The third-order valence-electron chi connectivity index (χ3n) is 10.5. The summed E-state index contributed by atoms with van der Waals surface area (Å²) in [6, 6.07) is 53.4. The molecule has 0 aromatic heterocycles. The van der Waals surface area contributed by atoms with E-state index < -0.39 is 0 Å². The Morgan fingerprint density at radius 2 is 1.20 bits per heavy atom. The zero-order valence-corrected chi connectivity index (χ0v) is 38.2. The first-order chi connectivity index (χ1) is 25.0. The first-order valence-electron chi connectivity index (χ1n) is 19.0. The molecular weight excluding hydrogens is 803 g/mol. The van der Waals surface area contributed by atoms with Crippen LogP contribution in [0.4, 0.5) is 0 Å². The van der Waals surface area contributed by atoms with E-state index in [0.29, 0.717) is 0 Å². The van der Waals surface area contributed by atoms with Gasteiger partial charge in [-0.1, -0.05) is 227 Å². The van der Waals surface area contributed by atoms with Crippen LogP contribution in [-0.4, -0.2) is 9.52 Å². The Morgan fingerprint density at radius 1 is 0.618 bits per heavy atom. The molecule has 0 amide bonds. The fourth-order valence-corrected chi connectivity index (χ4v) is 8.98. The molecule has 0 saturated carbocycles. The number of benzene rings is 6. The van der Waals surface area contributed by atoms with Crippen molar-refractivity contribution < 1.29 is 51.0 Å². The standard InChI is InChI=1S/C39H41.C12H10Si.2ClH.Zr/c1-8-13-26-23-33-29(25-14-10-9-11-15-25)16-12-17-32(33)36(26)37-34-24-27-22-28(38(2,3)4)18-19-30(27)31(34)20-21-35(37)39(5,6)7;1-3-7-11(8-4-1)13-12-9-5-2-6-10-12;;;/h9-12,14-24,36H,8,13H2,1-7H3;1-10H;2*1H;/q-1;;;;+3/p-2. The van der Waals surface area contributed by atoms with Crippen molar-refractivity contribution in [2.45, 2.75) is 78.1 Å². The summed E-state index contributed by atoms with van der Waals surface area (Å²) in [5.74, 6) is 0.278. The van der Waals surface area contributed by atoms with Gasteiger partial charge in [0.15, 0.2) is 0 Å². The Hall–Kier alpha value is -3.39. The van der Waals surface area contributed by atoms with Crippen molar-refractivity contribution in [2.75, 3.05) is 0 Å². The van der Waals surface area contributed by atoms with Crippen LogP contribution in [0.25, 0.3) is 38.7 Å². The van der Waals surface area contributed by atoms with Gasteiger partial charge in [0.2, 0.25) is 0 Å². The largest absolute Gasteiger partial charge is 3.00 e. The van der Waals surface area contributed by atoms with Crippen molar-refractivity contribution in [3.05, 3.63) is 179 Å². The van der Waals surface area contributed by atoms with Crippen molar-refractivity contribution in [3.63, 3.8) is 0 Å². The Balaban J connectivity index is 0.000000358. The molecule has 277 valence electrons. The van der Waals surface area contributed by atoms with Gasteiger partial charge < -0.3 is 24.8 Å². The average molecular weight is 854 g/mol. The van der Waals surface area contributed by atoms with Crippen LogP contribution in [0.3, 0.4) is 0 Å². The molecule has 7 aromatic rings. The van der Waals surface area contributed by atoms with Crippen molar-refractivity contribution in [2.24, 2.45) is 0 Å². The second kappa shape index (κ2) is 18.7. The smallest absolute Gasteiger partial charge is 1.00 e. The second-order valence-corrected chi connectivity index (χ2v) is 17.8. The Bertz CT molecular complexity index is 2310. The SMILES string of the molecule is CCCC1=Cc2c(-c3ccccc3)cccc2C1c1c(C(C)(C)C)ccc2c1[cH-]c1cc(C(C)(C)C)ccc12.[Cl-].[Cl-].[Zr+3].c1ccc([Si]c2ccccc2)cc1. The van der Waals surface area contributed by atoms with Crippen molar-refractivity contribution in [1.29, 1.82) is 0 Å². The van der Waals surface area contributed by atoms with E-state index in [1.807, 2.05) is 0 Å². The third kappa shape index (κ3) is 9.60. The number of halogens is 2. The first-order valence-corrected chi connectivity index (χ1v) is 20.0. The van der Waals surface area contributed by atoms with Gasteiger partial charge in [-0.05, 0) is 39.5 Å². The van der Waals surface area contributed by atoms with Crippen LogP contribution in [0.15, 0.2) is 151 Å². The van der Waals surface area contributed by atoms with Gasteiger partial charge in [0.25, 0.3) is 0 Å². The molecule has 0 nitrogen and oxygen atoms in total. The summed E-state index contributed by atoms with van der Waals surface area (Å²) in [4.78, 5) is 0. The molecule has 0 heterocycles. The van der Waals surface area contributed by atoms with E-state index in [2.05, 4.69) is 200 Å². The minimum atomic E-state index is 0. The van der Waals surface area contributed by atoms with Crippen molar-refractivity contribution in [3.8, 4) is 11.1 Å². The normalized spacial score (nSPS) is 13.4. The van der Waals surface area contributed by atoms with Crippen molar-refractivity contribution in [1.82, 2.24) is 0 Å². The van der Waals surface area contributed by atoms with Crippen LogP contribution in [-0.2, 0) is 37.0 Å². The quantitative estimate of drug-likeness (QED) is 0.130. The molecule has 55 heavy (non-hydrogen) atoms. The van der Waals surface area contributed by atoms with E-state index in [-0.39, 0.29) is 67.8 Å². The predicted octanol–water partition coefficient (Wildman–Crippen LogP) is 6.65. The van der Waals surface area contributed by atoms with Gasteiger partial charge in [-0.25, -0.2) is 0 Å². The molecule has 0 saturated heterocycles. The van der Waals surface area contributed by atoms with Crippen LogP contribution in [0.2, 0.25) is 0 Å². The van der Waals surface area contributed by atoms with Gasteiger partial charge in [0, 0.05) is 5.92 Å². The molecule has 7 aromatic carbocycles. The Labute approximate surface area is 364 Å².